The monoisotopic (exact) mass is 243 g/mol. The zero-order valence-corrected chi connectivity index (χ0v) is 9.85. The first-order chi connectivity index (χ1) is 7.02. The van der Waals surface area contributed by atoms with E-state index in [9.17, 15) is 8.42 Å². The molecule has 0 saturated heterocycles. The Balaban J connectivity index is 2.76. The highest BCUT2D eigenvalue weighted by Gasteiger charge is 2.15. The summed E-state index contributed by atoms with van der Waals surface area (Å²) in [6, 6.07) is 5.34. The Labute approximate surface area is 91.4 Å². The van der Waals surface area contributed by atoms with Gasteiger partial charge in [0.1, 0.15) is 5.75 Å². The highest BCUT2D eigenvalue weighted by Crippen LogP contribution is 2.32. The molecule has 80 valence electrons. The fourth-order valence-electron chi connectivity index (χ4n) is 1.22. The van der Waals surface area contributed by atoms with Crippen LogP contribution in [0, 0.1) is 0 Å². The van der Waals surface area contributed by atoms with Gasteiger partial charge in [0, 0.05) is 6.26 Å². The van der Waals surface area contributed by atoms with Gasteiger partial charge in [-0.2, -0.15) is 0 Å². The third-order valence-corrected chi connectivity index (χ3v) is 4.66. The molecule has 1 heterocycles. The van der Waals surface area contributed by atoms with Gasteiger partial charge in [0.25, 0.3) is 0 Å². The number of hydrogen-bond acceptors (Lipinski definition) is 5. The maximum atomic E-state index is 11.3. The van der Waals surface area contributed by atoms with Crippen molar-refractivity contribution in [3.63, 3.8) is 0 Å². The minimum Gasteiger partial charge on any atom is -0.495 e. The molecule has 0 aliphatic carbocycles. The van der Waals surface area contributed by atoms with E-state index in [4.69, 9.17) is 4.74 Å². The molecule has 15 heavy (non-hydrogen) atoms. The molecular weight excluding hydrogens is 234 g/mol. The summed E-state index contributed by atoms with van der Waals surface area (Å²) >= 11 is 1.13. The minimum atomic E-state index is -3.24. The van der Waals surface area contributed by atoms with Gasteiger partial charge in [-0.05, 0) is 12.1 Å². The van der Waals surface area contributed by atoms with Crippen molar-refractivity contribution >= 4 is 31.4 Å². The van der Waals surface area contributed by atoms with Crippen molar-refractivity contribution in [3.05, 3.63) is 18.2 Å². The number of ether oxygens (including phenoxy) is 1. The molecular formula is C9H9NO3S2. The molecule has 6 heteroatoms. The summed E-state index contributed by atoms with van der Waals surface area (Å²) in [6.07, 6.45) is 1.15. The Morgan fingerprint density at radius 3 is 2.73 bits per heavy atom. The normalized spacial score (nSPS) is 11.9. The second-order valence-electron chi connectivity index (χ2n) is 3.06. The van der Waals surface area contributed by atoms with Crippen LogP contribution in [0.3, 0.4) is 0 Å². The smallest absolute Gasteiger partial charge is 0.210 e. The van der Waals surface area contributed by atoms with Crippen LogP contribution < -0.4 is 4.74 Å². The van der Waals surface area contributed by atoms with Gasteiger partial charge in [-0.3, -0.25) is 0 Å². The lowest BCUT2D eigenvalue weighted by Crippen LogP contribution is -1.94. The minimum absolute atomic E-state index is 0.127. The van der Waals surface area contributed by atoms with Crippen molar-refractivity contribution in [2.45, 2.75) is 4.34 Å². The molecule has 0 N–H and O–H groups in total. The quantitative estimate of drug-likeness (QED) is 0.805. The van der Waals surface area contributed by atoms with E-state index in [-0.39, 0.29) is 4.34 Å². The average molecular weight is 243 g/mol. The van der Waals surface area contributed by atoms with Crippen molar-refractivity contribution in [1.29, 1.82) is 0 Å². The maximum absolute atomic E-state index is 11.3. The van der Waals surface area contributed by atoms with E-state index in [1.807, 2.05) is 0 Å². The third kappa shape index (κ3) is 1.82. The standard InChI is InChI=1S/C9H9NO3S2/c1-13-7-5-3-4-6-8(7)14-9(10-6)15(2,11)12/h3-5H,1-2H3. The van der Waals surface area contributed by atoms with Crippen molar-refractivity contribution in [2.24, 2.45) is 0 Å². The summed E-state index contributed by atoms with van der Waals surface area (Å²) in [5, 5.41) is 0. The fourth-order valence-corrected chi connectivity index (χ4v) is 3.13. The van der Waals surface area contributed by atoms with E-state index in [1.54, 1.807) is 25.3 Å². The predicted octanol–water partition coefficient (Wildman–Crippen LogP) is 1.71. The summed E-state index contributed by atoms with van der Waals surface area (Å²) in [5.74, 6) is 0.653. The first kappa shape index (κ1) is 10.4. The Bertz CT molecular complexity index is 601. The SMILES string of the molecule is COc1cccc2nc(S(C)(=O)=O)sc12. The molecule has 0 unspecified atom stereocenters. The van der Waals surface area contributed by atoms with E-state index in [0.717, 1.165) is 22.3 Å². The molecule has 2 aromatic rings. The average Bonchev–Trinajstić information content (AvgIpc) is 2.59. The molecule has 4 nitrogen and oxygen atoms in total. The van der Waals surface area contributed by atoms with E-state index >= 15 is 0 Å². The van der Waals surface area contributed by atoms with Crippen LogP contribution in [0.25, 0.3) is 10.2 Å². The lowest BCUT2D eigenvalue weighted by Gasteiger charge is -1.97. The lowest BCUT2D eigenvalue weighted by molar-refractivity contribution is 0.420. The van der Waals surface area contributed by atoms with Crippen LogP contribution in [0.4, 0.5) is 0 Å². The number of hydrogen-bond donors (Lipinski definition) is 0. The highest BCUT2D eigenvalue weighted by molar-refractivity contribution is 7.92. The van der Waals surface area contributed by atoms with E-state index in [1.165, 1.54) is 0 Å². The largest absolute Gasteiger partial charge is 0.495 e. The molecule has 1 aromatic heterocycles. The van der Waals surface area contributed by atoms with Crippen molar-refractivity contribution < 1.29 is 13.2 Å². The zero-order chi connectivity index (χ0) is 11.1. The van der Waals surface area contributed by atoms with Crippen LogP contribution in [0.2, 0.25) is 0 Å². The summed E-state index contributed by atoms with van der Waals surface area (Å²) in [4.78, 5) is 4.04. The van der Waals surface area contributed by atoms with Gasteiger partial charge in [0.05, 0.1) is 17.3 Å². The summed E-state index contributed by atoms with van der Waals surface area (Å²) in [6.45, 7) is 0. The Kier molecular flexibility index (Phi) is 2.40. The molecule has 0 bridgehead atoms. The van der Waals surface area contributed by atoms with Gasteiger partial charge in [0.2, 0.25) is 14.2 Å². The number of sulfone groups is 1. The van der Waals surface area contributed by atoms with Gasteiger partial charge in [-0.15, -0.1) is 0 Å². The Hall–Kier alpha value is -1.14. The Morgan fingerprint density at radius 2 is 2.13 bits per heavy atom. The molecule has 0 spiro atoms. The summed E-state index contributed by atoms with van der Waals surface area (Å²) in [7, 11) is -1.69. The second kappa shape index (κ2) is 3.46. The molecule has 0 aliphatic heterocycles. The summed E-state index contributed by atoms with van der Waals surface area (Å²) in [5.41, 5.74) is 0.653. The predicted molar refractivity (Wildman–Crippen MR) is 59.3 cm³/mol. The van der Waals surface area contributed by atoms with Crippen molar-refractivity contribution in [1.82, 2.24) is 4.98 Å². The number of nitrogens with zero attached hydrogens (tertiary/aromatic N) is 1. The van der Waals surface area contributed by atoms with Gasteiger partial charge in [-0.1, -0.05) is 17.4 Å². The van der Waals surface area contributed by atoms with Gasteiger partial charge in [-0.25, -0.2) is 13.4 Å². The molecule has 0 radical (unpaired) electrons. The first-order valence-corrected chi connectivity index (χ1v) is 6.87. The summed E-state index contributed by atoms with van der Waals surface area (Å²) < 4.78 is 28.6. The van der Waals surface area contributed by atoms with Crippen LogP contribution in [0.1, 0.15) is 0 Å². The Morgan fingerprint density at radius 1 is 1.40 bits per heavy atom. The van der Waals surface area contributed by atoms with Gasteiger partial charge in [0.15, 0.2) is 0 Å². The number of aromatic nitrogens is 1. The van der Waals surface area contributed by atoms with Crippen molar-refractivity contribution in [2.75, 3.05) is 13.4 Å². The number of benzene rings is 1. The zero-order valence-electron chi connectivity index (χ0n) is 8.22. The number of thiazole rings is 1. The van der Waals surface area contributed by atoms with Crippen LogP contribution >= 0.6 is 11.3 Å². The van der Waals surface area contributed by atoms with Crippen LogP contribution in [0.5, 0.6) is 5.75 Å². The third-order valence-electron chi connectivity index (χ3n) is 1.90. The lowest BCUT2D eigenvalue weighted by atomic mass is 10.3. The second-order valence-corrected chi connectivity index (χ2v) is 6.25. The molecule has 0 fully saturated rings. The molecule has 0 amide bonds. The number of methoxy groups -OCH3 is 1. The maximum Gasteiger partial charge on any atom is 0.210 e. The number of rotatable bonds is 2. The molecule has 0 saturated carbocycles. The van der Waals surface area contributed by atoms with Gasteiger partial charge < -0.3 is 4.74 Å². The van der Waals surface area contributed by atoms with Crippen LogP contribution in [0.15, 0.2) is 22.5 Å². The number of fused-ring (bicyclic) bond motifs is 1. The van der Waals surface area contributed by atoms with E-state index in [2.05, 4.69) is 4.98 Å². The highest BCUT2D eigenvalue weighted by atomic mass is 32.2. The van der Waals surface area contributed by atoms with E-state index < -0.39 is 9.84 Å². The van der Waals surface area contributed by atoms with E-state index in [0.29, 0.717) is 11.3 Å². The molecule has 1 aromatic carbocycles. The van der Waals surface area contributed by atoms with Crippen molar-refractivity contribution in [3.8, 4) is 5.75 Å². The van der Waals surface area contributed by atoms with Crippen LogP contribution in [-0.4, -0.2) is 26.8 Å². The first-order valence-electron chi connectivity index (χ1n) is 4.16. The topological polar surface area (TPSA) is 56.3 Å². The molecule has 0 atom stereocenters. The fraction of sp³-hybridized carbons (Fsp3) is 0.222. The molecule has 0 aliphatic rings. The van der Waals surface area contributed by atoms with Gasteiger partial charge >= 0.3 is 0 Å². The molecule has 2 rings (SSSR count). The van der Waals surface area contributed by atoms with Crippen LogP contribution in [-0.2, 0) is 9.84 Å².